The quantitative estimate of drug-likeness (QED) is 0.652. The molecule has 9 heteroatoms. The van der Waals surface area contributed by atoms with Gasteiger partial charge < -0.3 is 14.9 Å². The number of hydrogen-bond acceptors (Lipinski definition) is 5. The Kier molecular flexibility index (Phi) is 5.55. The lowest BCUT2D eigenvalue weighted by Gasteiger charge is -2.14. The Hall–Kier alpha value is -1.44. The topological polar surface area (TPSA) is 82.1 Å². The maximum absolute atomic E-state index is 12.4. The smallest absolute Gasteiger partial charge is 0.291 e. The molecule has 1 amide bonds. The van der Waals surface area contributed by atoms with Crippen molar-refractivity contribution in [2.75, 3.05) is 5.32 Å². The van der Waals surface area contributed by atoms with Gasteiger partial charge in [0, 0.05) is 5.02 Å². The predicted molar refractivity (Wildman–Crippen MR) is 82.2 cm³/mol. The van der Waals surface area contributed by atoms with E-state index >= 15 is 0 Å². The highest BCUT2D eigenvalue weighted by Crippen LogP contribution is 2.30. The van der Waals surface area contributed by atoms with Gasteiger partial charge in [0.2, 0.25) is 5.91 Å². The van der Waals surface area contributed by atoms with E-state index in [2.05, 4.69) is 15.1 Å². The monoisotopic (exact) mass is 361 g/mol. The summed E-state index contributed by atoms with van der Waals surface area (Å²) >= 11 is 13.0. The number of nitrogens with one attached hydrogen (secondary N) is 1. The van der Waals surface area contributed by atoms with E-state index in [0.717, 1.165) is 11.8 Å². The number of anilines is 1. The third kappa shape index (κ3) is 3.85. The van der Waals surface area contributed by atoms with E-state index in [1.807, 2.05) is 6.92 Å². The molecule has 1 aromatic carbocycles. The second kappa shape index (κ2) is 7.21. The number of hydrogen-bond donors (Lipinski definition) is 1. The number of rotatable bonds is 5. The van der Waals surface area contributed by atoms with Crippen molar-refractivity contribution in [2.24, 2.45) is 7.05 Å². The number of carbonyl (C=O) groups is 1. The van der Waals surface area contributed by atoms with Crippen molar-refractivity contribution in [3.8, 4) is 5.95 Å². The average molecular weight is 362 g/mol. The molecule has 0 bridgehead atoms. The number of aryl methyl sites for hydroxylation is 1. The first-order valence-electron chi connectivity index (χ1n) is 6.38. The molecule has 0 fully saturated rings. The molecule has 22 heavy (non-hydrogen) atoms. The molecule has 2 rings (SSSR count). The first-order valence-corrected chi connectivity index (χ1v) is 8.01. The summed E-state index contributed by atoms with van der Waals surface area (Å²) in [5.41, 5.74) is 0.426. The summed E-state index contributed by atoms with van der Waals surface area (Å²) < 4.78 is 5.84. The molecule has 1 heterocycles. The lowest BCUT2D eigenvalue weighted by atomic mass is 10.2. The van der Waals surface area contributed by atoms with E-state index in [-0.39, 0.29) is 10.9 Å². The maximum atomic E-state index is 12.4. The van der Waals surface area contributed by atoms with Crippen molar-refractivity contribution in [1.29, 1.82) is 0 Å². The van der Waals surface area contributed by atoms with Gasteiger partial charge in [-0.3, -0.25) is 4.79 Å². The van der Waals surface area contributed by atoms with Crippen molar-refractivity contribution in [3.05, 3.63) is 28.2 Å². The van der Waals surface area contributed by atoms with Gasteiger partial charge >= 0.3 is 0 Å². The summed E-state index contributed by atoms with van der Waals surface area (Å²) in [4.78, 5) is 12.4. The molecule has 0 saturated heterocycles. The molecule has 0 aliphatic carbocycles. The van der Waals surface area contributed by atoms with Gasteiger partial charge in [-0.25, -0.2) is 0 Å². The van der Waals surface area contributed by atoms with E-state index < -0.39 is 11.2 Å². The average Bonchev–Trinajstić information content (AvgIpc) is 2.79. The summed E-state index contributed by atoms with van der Waals surface area (Å²) in [5.74, 6) is -0.850. The molecule has 2 aromatic rings. The van der Waals surface area contributed by atoms with Crippen LogP contribution in [0.1, 0.15) is 13.3 Å². The SMILES string of the molecule is CCC(Sc1c([O-])on[n+]1C)C(=O)Nc1cc(Cl)ccc1Cl. The summed E-state index contributed by atoms with van der Waals surface area (Å²) in [6.07, 6.45) is 0.513. The van der Waals surface area contributed by atoms with E-state index in [1.54, 1.807) is 25.2 Å². The third-order valence-corrected chi connectivity index (χ3v) is 4.87. The van der Waals surface area contributed by atoms with E-state index in [4.69, 9.17) is 23.2 Å². The molecule has 1 atom stereocenters. The largest absolute Gasteiger partial charge is 0.538 e. The molecule has 0 radical (unpaired) electrons. The van der Waals surface area contributed by atoms with Crippen LogP contribution in [0, 0.1) is 0 Å². The van der Waals surface area contributed by atoms with Gasteiger partial charge in [-0.2, -0.15) is 0 Å². The number of nitrogens with zero attached hydrogens (tertiary/aromatic N) is 2. The Labute approximate surface area is 141 Å². The molecule has 0 saturated carbocycles. The van der Waals surface area contributed by atoms with Crippen molar-refractivity contribution in [2.45, 2.75) is 23.6 Å². The maximum Gasteiger partial charge on any atom is 0.291 e. The lowest BCUT2D eigenvalue weighted by Crippen LogP contribution is -2.34. The number of carbonyl (C=O) groups excluding carboxylic acids is 1. The normalized spacial score (nSPS) is 12.2. The molecule has 0 spiro atoms. The number of thioether (sulfide) groups is 1. The van der Waals surface area contributed by atoms with Crippen LogP contribution in [0.2, 0.25) is 10.0 Å². The third-order valence-electron chi connectivity index (χ3n) is 2.82. The van der Waals surface area contributed by atoms with Crippen LogP contribution in [0.15, 0.2) is 27.7 Å². The minimum Gasteiger partial charge on any atom is -0.538 e. The van der Waals surface area contributed by atoms with Gasteiger partial charge in [-0.15, -0.1) is 0 Å². The van der Waals surface area contributed by atoms with Crippen LogP contribution in [-0.2, 0) is 11.8 Å². The zero-order chi connectivity index (χ0) is 16.3. The van der Waals surface area contributed by atoms with E-state index in [9.17, 15) is 9.90 Å². The molecule has 118 valence electrons. The molecule has 6 nitrogen and oxygen atoms in total. The van der Waals surface area contributed by atoms with Crippen LogP contribution in [0.25, 0.3) is 0 Å². The second-order valence-corrected chi connectivity index (χ2v) is 6.45. The number of aromatic nitrogens is 2. The van der Waals surface area contributed by atoms with Crippen molar-refractivity contribution >= 4 is 46.6 Å². The number of amides is 1. The van der Waals surface area contributed by atoms with Crippen LogP contribution in [0.4, 0.5) is 5.69 Å². The van der Waals surface area contributed by atoms with Crippen LogP contribution in [0.5, 0.6) is 5.95 Å². The molecular weight excluding hydrogens is 349 g/mol. The van der Waals surface area contributed by atoms with Gasteiger partial charge in [0.15, 0.2) is 13.0 Å². The Morgan fingerprint density at radius 1 is 1.55 bits per heavy atom. The molecule has 1 N–H and O–H groups in total. The summed E-state index contributed by atoms with van der Waals surface area (Å²) in [6.45, 7) is 1.84. The van der Waals surface area contributed by atoms with Gasteiger partial charge in [0.25, 0.3) is 5.03 Å². The van der Waals surface area contributed by atoms with Crippen LogP contribution in [-0.4, -0.2) is 16.4 Å². The summed E-state index contributed by atoms with van der Waals surface area (Å²) in [7, 11) is 1.58. The Morgan fingerprint density at radius 2 is 2.27 bits per heavy atom. The Balaban J connectivity index is 2.14. The van der Waals surface area contributed by atoms with Crippen LogP contribution >= 0.6 is 35.0 Å². The Morgan fingerprint density at radius 3 is 2.86 bits per heavy atom. The fraction of sp³-hybridized carbons (Fsp3) is 0.308. The van der Waals surface area contributed by atoms with Gasteiger partial charge in [0.1, 0.15) is 0 Å². The fourth-order valence-corrected chi connectivity index (χ4v) is 2.95. The summed E-state index contributed by atoms with van der Waals surface area (Å²) in [5, 5.41) is 18.4. The Bertz CT molecular complexity index is 674. The van der Waals surface area contributed by atoms with Crippen LogP contribution in [0.3, 0.4) is 0 Å². The lowest BCUT2D eigenvalue weighted by molar-refractivity contribution is -0.772. The predicted octanol–water partition coefficient (Wildman–Crippen LogP) is 2.39. The minimum atomic E-state index is -0.570. The van der Waals surface area contributed by atoms with Crippen molar-refractivity contribution in [3.63, 3.8) is 0 Å². The minimum absolute atomic E-state index is 0.263. The highest BCUT2D eigenvalue weighted by molar-refractivity contribution is 8.00. The molecule has 1 aromatic heterocycles. The van der Waals surface area contributed by atoms with Crippen LogP contribution < -0.4 is 15.1 Å². The standard InChI is InChI=1S/C13H13Cl2N3O3S/c1-3-10(22-12-13(20)21-17-18(12)2)11(19)16-9-6-7(14)4-5-8(9)15/h4-6,10H,3H2,1-2H3,(H-,16,17,19,20). The molecular formula is C13H13Cl2N3O3S. The second-order valence-electron chi connectivity index (χ2n) is 4.42. The van der Waals surface area contributed by atoms with E-state index in [1.165, 1.54) is 4.68 Å². The first-order chi connectivity index (χ1) is 10.4. The van der Waals surface area contributed by atoms with Gasteiger partial charge in [-0.05, 0) is 36.4 Å². The first kappa shape index (κ1) is 16.9. The van der Waals surface area contributed by atoms with E-state index in [0.29, 0.717) is 22.2 Å². The number of benzene rings is 1. The zero-order valence-electron chi connectivity index (χ0n) is 11.8. The summed E-state index contributed by atoms with van der Waals surface area (Å²) in [6, 6.07) is 4.80. The molecule has 0 aliphatic heterocycles. The van der Waals surface area contributed by atoms with Gasteiger partial charge in [0.05, 0.1) is 21.2 Å². The van der Waals surface area contributed by atoms with Crippen molar-refractivity contribution in [1.82, 2.24) is 5.27 Å². The fourth-order valence-electron chi connectivity index (χ4n) is 1.69. The zero-order valence-corrected chi connectivity index (χ0v) is 14.1. The van der Waals surface area contributed by atoms with Crippen molar-refractivity contribution < 1.29 is 19.1 Å². The highest BCUT2D eigenvalue weighted by atomic mass is 35.5. The highest BCUT2D eigenvalue weighted by Gasteiger charge is 2.25. The number of halogens is 2. The van der Waals surface area contributed by atoms with Gasteiger partial charge in [-0.1, -0.05) is 34.8 Å². The molecule has 0 aliphatic rings. The molecule has 1 unspecified atom stereocenters.